The average Bonchev–Trinajstić information content (AvgIpc) is 2.58. The van der Waals surface area contributed by atoms with Gasteiger partial charge in [0.25, 0.3) is 0 Å². The molecule has 2 aromatic rings. The molecule has 1 saturated carbocycles. The van der Waals surface area contributed by atoms with Crippen molar-refractivity contribution < 1.29 is 0 Å². The molecule has 0 saturated heterocycles. The van der Waals surface area contributed by atoms with Gasteiger partial charge in [-0.15, -0.1) is 0 Å². The number of aromatic nitrogens is 2. The summed E-state index contributed by atoms with van der Waals surface area (Å²) >= 11 is 0. The van der Waals surface area contributed by atoms with Crippen molar-refractivity contribution in [3.8, 4) is 0 Å². The van der Waals surface area contributed by atoms with E-state index in [-0.39, 0.29) is 0 Å². The van der Waals surface area contributed by atoms with Gasteiger partial charge >= 0.3 is 0 Å². The van der Waals surface area contributed by atoms with Gasteiger partial charge < -0.3 is 4.98 Å². The molecule has 0 bridgehead atoms. The zero-order chi connectivity index (χ0) is 13.2. The van der Waals surface area contributed by atoms with Crippen LogP contribution in [-0.4, -0.2) is 9.97 Å². The normalized spacial score (nSPS) is 17.8. The van der Waals surface area contributed by atoms with E-state index in [0.29, 0.717) is 0 Å². The van der Waals surface area contributed by atoms with Crippen LogP contribution < -0.4 is 0 Å². The third kappa shape index (κ3) is 2.83. The number of aromatic amines is 1. The summed E-state index contributed by atoms with van der Waals surface area (Å²) in [6.45, 7) is 4.31. The lowest BCUT2D eigenvalue weighted by Crippen LogP contribution is -2.04. The number of hydrogen-bond acceptors (Lipinski definition) is 1. The molecular formula is C17H24N2. The average molecular weight is 256 g/mol. The maximum Gasteiger partial charge on any atom is 0.107 e. The Kier molecular flexibility index (Phi) is 3.58. The highest BCUT2D eigenvalue weighted by Gasteiger charge is 2.15. The van der Waals surface area contributed by atoms with E-state index in [1.165, 1.54) is 61.0 Å². The first-order valence-electron chi connectivity index (χ1n) is 7.68. The molecule has 1 aromatic carbocycles. The van der Waals surface area contributed by atoms with Gasteiger partial charge in [-0.2, -0.15) is 0 Å². The number of nitrogens with zero attached hydrogens (tertiary/aromatic N) is 1. The van der Waals surface area contributed by atoms with Crippen LogP contribution in [-0.2, 0) is 6.42 Å². The van der Waals surface area contributed by atoms with Crippen LogP contribution in [0.25, 0.3) is 11.0 Å². The smallest absolute Gasteiger partial charge is 0.107 e. The second kappa shape index (κ2) is 5.36. The molecule has 1 N–H and O–H groups in total. The van der Waals surface area contributed by atoms with Gasteiger partial charge in [-0.25, -0.2) is 4.98 Å². The number of aryl methyl sites for hydroxylation is 2. The lowest BCUT2D eigenvalue weighted by atomic mass is 9.96. The van der Waals surface area contributed by atoms with Gasteiger partial charge in [0.1, 0.15) is 5.82 Å². The van der Waals surface area contributed by atoms with E-state index in [4.69, 9.17) is 4.98 Å². The second-order valence-electron chi connectivity index (χ2n) is 6.22. The van der Waals surface area contributed by atoms with Crippen LogP contribution in [0.5, 0.6) is 0 Å². The number of hydrogen-bond donors (Lipinski definition) is 1. The molecule has 1 aromatic heterocycles. The molecule has 1 aliphatic rings. The maximum atomic E-state index is 4.82. The Labute approximate surface area is 115 Å². The molecule has 19 heavy (non-hydrogen) atoms. The molecule has 0 unspecified atom stereocenters. The van der Waals surface area contributed by atoms with E-state index in [1.54, 1.807) is 0 Å². The van der Waals surface area contributed by atoms with Gasteiger partial charge in [-0.1, -0.05) is 44.6 Å². The summed E-state index contributed by atoms with van der Waals surface area (Å²) in [6.07, 6.45) is 9.56. The minimum atomic E-state index is 0.837. The minimum Gasteiger partial charge on any atom is -0.342 e. The van der Waals surface area contributed by atoms with Crippen molar-refractivity contribution in [3.63, 3.8) is 0 Å². The van der Waals surface area contributed by atoms with Crippen LogP contribution >= 0.6 is 0 Å². The first-order valence-corrected chi connectivity index (χ1v) is 7.68. The lowest BCUT2D eigenvalue weighted by Gasteiger charge is -2.11. The Balaban J connectivity index is 1.83. The summed E-state index contributed by atoms with van der Waals surface area (Å²) < 4.78 is 0. The van der Waals surface area contributed by atoms with Crippen LogP contribution in [0, 0.1) is 19.8 Å². The van der Waals surface area contributed by atoms with Crippen molar-refractivity contribution in [2.24, 2.45) is 5.92 Å². The molecular weight excluding hydrogens is 232 g/mol. The van der Waals surface area contributed by atoms with E-state index in [9.17, 15) is 0 Å². The first kappa shape index (κ1) is 12.7. The van der Waals surface area contributed by atoms with Crippen molar-refractivity contribution in [2.45, 2.75) is 58.8 Å². The molecule has 102 valence electrons. The van der Waals surface area contributed by atoms with Crippen LogP contribution in [0.2, 0.25) is 0 Å². The molecule has 0 radical (unpaired) electrons. The fraction of sp³-hybridized carbons (Fsp3) is 0.588. The predicted octanol–water partition coefficient (Wildman–Crippen LogP) is 4.69. The second-order valence-corrected chi connectivity index (χ2v) is 6.22. The zero-order valence-corrected chi connectivity index (χ0v) is 12.1. The Hall–Kier alpha value is -1.31. The van der Waals surface area contributed by atoms with Crippen LogP contribution in [0.15, 0.2) is 12.1 Å². The maximum absolute atomic E-state index is 4.82. The predicted molar refractivity (Wildman–Crippen MR) is 80.5 cm³/mol. The molecule has 0 spiro atoms. The van der Waals surface area contributed by atoms with Gasteiger partial charge in [0, 0.05) is 6.42 Å². The lowest BCUT2D eigenvalue weighted by molar-refractivity contribution is 0.450. The molecule has 0 atom stereocenters. The number of fused-ring (bicyclic) bond motifs is 1. The van der Waals surface area contributed by atoms with Crippen molar-refractivity contribution in [1.29, 1.82) is 0 Å². The highest BCUT2D eigenvalue weighted by molar-refractivity contribution is 5.79. The van der Waals surface area contributed by atoms with E-state index in [1.807, 2.05) is 0 Å². The highest BCUT2D eigenvalue weighted by Crippen LogP contribution is 2.26. The Morgan fingerprint density at radius 1 is 1.11 bits per heavy atom. The third-order valence-electron chi connectivity index (χ3n) is 4.43. The summed E-state index contributed by atoms with van der Waals surface area (Å²) in [5.41, 5.74) is 4.98. The molecule has 2 nitrogen and oxygen atoms in total. The summed E-state index contributed by atoms with van der Waals surface area (Å²) in [6, 6.07) is 4.44. The summed E-state index contributed by atoms with van der Waals surface area (Å²) in [5, 5.41) is 0. The molecule has 2 heteroatoms. The SMILES string of the molecule is Cc1cc(C)c2nc(CC3CCCCCC3)[nH]c2c1. The topological polar surface area (TPSA) is 28.7 Å². The summed E-state index contributed by atoms with van der Waals surface area (Å²) in [5.74, 6) is 2.03. The van der Waals surface area contributed by atoms with E-state index in [0.717, 1.165) is 17.9 Å². The zero-order valence-electron chi connectivity index (χ0n) is 12.1. The third-order valence-corrected chi connectivity index (χ3v) is 4.43. The van der Waals surface area contributed by atoms with Crippen molar-refractivity contribution >= 4 is 11.0 Å². The molecule has 0 amide bonds. The number of nitrogens with one attached hydrogen (secondary N) is 1. The summed E-state index contributed by atoms with van der Waals surface area (Å²) in [7, 11) is 0. The van der Waals surface area contributed by atoms with Crippen LogP contribution in [0.3, 0.4) is 0 Å². The molecule has 1 aliphatic carbocycles. The number of rotatable bonds is 2. The largest absolute Gasteiger partial charge is 0.342 e. The van der Waals surface area contributed by atoms with E-state index in [2.05, 4.69) is 31.0 Å². The van der Waals surface area contributed by atoms with Gasteiger partial charge in [0.2, 0.25) is 0 Å². The van der Waals surface area contributed by atoms with E-state index < -0.39 is 0 Å². The van der Waals surface area contributed by atoms with Crippen LogP contribution in [0.4, 0.5) is 0 Å². The standard InChI is InChI=1S/C17H24N2/c1-12-9-13(2)17-15(10-12)18-16(19-17)11-14-7-5-3-4-6-8-14/h9-10,14H,3-8,11H2,1-2H3,(H,18,19). The highest BCUT2D eigenvalue weighted by atomic mass is 14.9. The number of imidazole rings is 1. The van der Waals surface area contributed by atoms with E-state index >= 15 is 0 Å². The Morgan fingerprint density at radius 3 is 2.58 bits per heavy atom. The molecule has 1 fully saturated rings. The minimum absolute atomic E-state index is 0.837. The fourth-order valence-electron chi connectivity index (χ4n) is 3.46. The van der Waals surface area contributed by atoms with Gasteiger partial charge in [0.15, 0.2) is 0 Å². The van der Waals surface area contributed by atoms with Crippen LogP contribution in [0.1, 0.15) is 55.5 Å². The number of benzene rings is 1. The van der Waals surface area contributed by atoms with Crippen molar-refractivity contribution in [2.75, 3.05) is 0 Å². The summed E-state index contributed by atoms with van der Waals surface area (Å²) in [4.78, 5) is 8.36. The van der Waals surface area contributed by atoms with Crippen molar-refractivity contribution in [3.05, 3.63) is 29.1 Å². The quantitative estimate of drug-likeness (QED) is 0.776. The molecule has 1 heterocycles. The Bertz CT molecular complexity index is 560. The van der Waals surface area contributed by atoms with Gasteiger partial charge in [0.05, 0.1) is 11.0 Å². The van der Waals surface area contributed by atoms with Gasteiger partial charge in [-0.05, 0) is 37.0 Å². The first-order chi connectivity index (χ1) is 9.22. The van der Waals surface area contributed by atoms with Crippen molar-refractivity contribution in [1.82, 2.24) is 9.97 Å². The molecule has 0 aliphatic heterocycles. The van der Waals surface area contributed by atoms with Gasteiger partial charge in [-0.3, -0.25) is 0 Å². The fourth-order valence-corrected chi connectivity index (χ4v) is 3.46. The Morgan fingerprint density at radius 2 is 1.84 bits per heavy atom. The molecule has 3 rings (SSSR count). The number of H-pyrrole nitrogens is 1. The monoisotopic (exact) mass is 256 g/mol.